The quantitative estimate of drug-likeness (QED) is 0.874. The number of nitrogens with one attached hydrogen (secondary N) is 1. The summed E-state index contributed by atoms with van der Waals surface area (Å²) >= 11 is 3.20. The standard InChI is InChI=1S/C11H14BrN3O3S/c1-2-10-11(16)14-3-4-15(10)19(17,18)9-5-8(12)6-13-7-9/h5-7,10H,2-4H2,1H3,(H,14,16). The lowest BCUT2D eigenvalue weighted by molar-refractivity contribution is -0.126. The fraction of sp³-hybridized carbons (Fsp3) is 0.455. The van der Waals surface area contributed by atoms with Gasteiger partial charge in [0.25, 0.3) is 0 Å². The maximum absolute atomic E-state index is 12.5. The largest absolute Gasteiger partial charge is 0.353 e. The van der Waals surface area contributed by atoms with Crippen LogP contribution < -0.4 is 5.32 Å². The number of aromatic nitrogens is 1. The monoisotopic (exact) mass is 347 g/mol. The summed E-state index contributed by atoms with van der Waals surface area (Å²) in [5.74, 6) is -0.250. The van der Waals surface area contributed by atoms with Gasteiger partial charge in [0.05, 0.1) is 0 Å². The molecule has 1 aromatic rings. The predicted molar refractivity (Wildman–Crippen MR) is 72.9 cm³/mol. The molecule has 0 aliphatic carbocycles. The molecule has 1 aliphatic heterocycles. The van der Waals surface area contributed by atoms with Crippen LogP contribution in [-0.4, -0.2) is 42.7 Å². The molecule has 1 fully saturated rings. The summed E-state index contributed by atoms with van der Waals surface area (Å²) in [6, 6.07) is 0.833. The second kappa shape index (κ2) is 5.56. The van der Waals surface area contributed by atoms with Crippen molar-refractivity contribution in [1.82, 2.24) is 14.6 Å². The number of halogens is 1. The maximum Gasteiger partial charge on any atom is 0.245 e. The van der Waals surface area contributed by atoms with Crippen molar-refractivity contribution in [2.75, 3.05) is 13.1 Å². The summed E-state index contributed by atoms with van der Waals surface area (Å²) in [6.07, 6.45) is 3.24. The average Bonchev–Trinajstić information content (AvgIpc) is 2.38. The predicted octanol–water partition coefficient (Wildman–Crippen LogP) is 0.743. The van der Waals surface area contributed by atoms with Crippen molar-refractivity contribution in [1.29, 1.82) is 0 Å². The lowest BCUT2D eigenvalue weighted by atomic mass is 10.2. The van der Waals surface area contributed by atoms with Gasteiger partial charge in [0, 0.05) is 30.0 Å². The van der Waals surface area contributed by atoms with Crippen LogP contribution in [0.2, 0.25) is 0 Å². The Bertz CT molecular complexity index is 591. The third-order valence-corrected chi connectivity index (χ3v) is 5.26. The minimum absolute atomic E-state index is 0.0926. The molecular formula is C11H14BrN3O3S. The Kier molecular flexibility index (Phi) is 4.22. The van der Waals surface area contributed by atoms with Crippen LogP contribution in [0.25, 0.3) is 0 Å². The van der Waals surface area contributed by atoms with E-state index in [0.717, 1.165) is 0 Å². The summed E-state index contributed by atoms with van der Waals surface area (Å²) in [7, 11) is -3.70. The van der Waals surface area contributed by atoms with Crippen molar-refractivity contribution in [3.05, 3.63) is 22.9 Å². The minimum atomic E-state index is -3.70. The SMILES string of the molecule is CCC1C(=O)NCCN1S(=O)(=O)c1cncc(Br)c1. The molecule has 6 nitrogen and oxygen atoms in total. The summed E-state index contributed by atoms with van der Waals surface area (Å²) < 4.78 is 26.9. The van der Waals surface area contributed by atoms with E-state index in [-0.39, 0.29) is 17.3 Å². The topological polar surface area (TPSA) is 79.4 Å². The van der Waals surface area contributed by atoms with Crippen molar-refractivity contribution >= 4 is 31.9 Å². The molecule has 0 bridgehead atoms. The Morgan fingerprint density at radius 2 is 2.26 bits per heavy atom. The van der Waals surface area contributed by atoms with Crippen LogP contribution >= 0.6 is 15.9 Å². The number of sulfonamides is 1. The van der Waals surface area contributed by atoms with E-state index < -0.39 is 16.1 Å². The van der Waals surface area contributed by atoms with Crippen molar-refractivity contribution in [2.24, 2.45) is 0 Å². The van der Waals surface area contributed by atoms with Gasteiger partial charge in [0.2, 0.25) is 15.9 Å². The molecule has 1 saturated heterocycles. The van der Waals surface area contributed by atoms with Gasteiger partial charge in [-0.15, -0.1) is 0 Å². The van der Waals surface area contributed by atoms with Gasteiger partial charge in [-0.05, 0) is 28.4 Å². The molecule has 2 heterocycles. The summed E-state index contributed by atoms with van der Waals surface area (Å²) in [4.78, 5) is 15.7. The maximum atomic E-state index is 12.5. The fourth-order valence-electron chi connectivity index (χ4n) is 2.04. The highest BCUT2D eigenvalue weighted by atomic mass is 79.9. The molecule has 8 heteroatoms. The molecule has 1 amide bonds. The molecule has 1 aromatic heterocycles. The number of rotatable bonds is 3. The van der Waals surface area contributed by atoms with Crippen LogP contribution in [0.5, 0.6) is 0 Å². The first kappa shape index (κ1) is 14.4. The Labute approximate surface area is 120 Å². The number of amides is 1. The van der Waals surface area contributed by atoms with Crippen LogP contribution in [0, 0.1) is 0 Å². The van der Waals surface area contributed by atoms with Crippen molar-refractivity contribution in [2.45, 2.75) is 24.3 Å². The first-order valence-corrected chi connectivity index (χ1v) is 8.10. The molecule has 0 saturated carbocycles. The van der Waals surface area contributed by atoms with Crippen LogP contribution in [0.15, 0.2) is 27.8 Å². The average molecular weight is 348 g/mol. The highest BCUT2D eigenvalue weighted by Crippen LogP contribution is 2.22. The van der Waals surface area contributed by atoms with Crippen LogP contribution in [-0.2, 0) is 14.8 Å². The number of nitrogens with zero attached hydrogens (tertiary/aromatic N) is 2. The number of piperazine rings is 1. The van der Waals surface area contributed by atoms with E-state index in [1.54, 1.807) is 6.92 Å². The lowest BCUT2D eigenvalue weighted by Crippen LogP contribution is -2.56. The lowest BCUT2D eigenvalue weighted by Gasteiger charge is -2.33. The van der Waals surface area contributed by atoms with Gasteiger partial charge in [0.15, 0.2) is 0 Å². The molecule has 0 spiro atoms. The first-order chi connectivity index (χ1) is 8.96. The normalized spacial score (nSPS) is 21.2. The summed E-state index contributed by atoms with van der Waals surface area (Å²) in [5.41, 5.74) is 0. The molecule has 104 valence electrons. The Hall–Kier alpha value is -0.990. The first-order valence-electron chi connectivity index (χ1n) is 5.87. The Morgan fingerprint density at radius 1 is 1.53 bits per heavy atom. The van der Waals surface area contributed by atoms with E-state index in [0.29, 0.717) is 17.4 Å². The third kappa shape index (κ3) is 2.80. The zero-order valence-electron chi connectivity index (χ0n) is 10.3. The number of hydrogen-bond acceptors (Lipinski definition) is 4. The second-order valence-corrected chi connectivity index (χ2v) is 6.98. The van der Waals surface area contributed by atoms with E-state index in [2.05, 4.69) is 26.2 Å². The zero-order valence-corrected chi connectivity index (χ0v) is 12.7. The van der Waals surface area contributed by atoms with Crippen LogP contribution in [0.4, 0.5) is 0 Å². The highest BCUT2D eigenvalue weighted by molar-refractivity contribution is 9.10. The van der Waals surface area contributed by atoms with Gasteiger partial charge in [-0.25, -0.2) is 8.42 Å². The van der Waals surface area contributed by atoms with Crippen molar-refractivity contribution in [3.63, 3.8) is 0 Å². The molecule has 1 aliphatic rings. The van der Waals surface area contributed by atoms with E-state index in [4.69, 9.17) is 0 Å². The summed E-state index contributed by atoms with van der Waals surface area (Å²) in [6.45, 7) is 2.40. The van der Waals surface area contributed by atoms with Gasteiger partial charge >= 0.3 is 0 Å². The number of carbonyl (C=O) groups is 1. The van der Waals surface area contributed by atoms with E-state index in [9.17, 15) is 13.2 Å². The fourth-order valence-corrected chi connectivity index (χ4v) is 4.21. The van der Waals surface area contributed by atoms with Gasteiger partial charge in [0.1, 0.15) is 10.9 Å². The second-order valence-electron chi connectivity index (χ2n) is 4.17. The van der Waals surface area contributed by atoms with Gasteiger partial charge < -0.3 is 5.32 Å². The van der Waals surface area contributed by atoms with Gasteiger partial charge in [-0.2, -0.15) is 4.31 Å². The van der Waals surface area contributed by atoms with Crippen LogP contribution in [0.3, 0.4) is 0 Å². The zero-order chi connectivity index (χ0) is 14.0. The molecule has 0 aromatic carbocycles. The van der Waals surface area contributed by atoms with Crippen LogP contribution in [0.1, 0.15) is 13.3 Å². The minimum Gasteiger partial charge on any atom is -0.353 e. The molecule has 1 unspecified atom stereocenters. The number of hydrogen-bond donors (Lipinski definition) is 1. The highest BCUT2D eigenvalue weighted by Gasteiger charge is 2.37. The molecule has 1 N–H and O–H groups in total. The van der Waals surface area contributed by atoms with Crippen molar-refractivity contribution in [3.8, 4) is 0 Å². The third-order valence-electron chi connectivity index (χ3n) is 2.95. The van der Waals surface area contributed by atoms with Gasteiger partial charge in [-0.1, -0.05) is 6.92 Å². The number of carbonyl (C=O) groups excluding carboxylic acids is 1. The molecule has 19 heavy (non-hydrogen) atoms. The molecule has 2 rings (SSSR count). The van der Waals surface area contributed by atoms with E-state index >= 15 is 0 Å². The van der Waals surface area contributed by atoms with Gasteiger partial charge in [-0.3, -0.25) is 9.78 Å². The Morgan fingerprint density at radius 3 is 2.89 bits per heavy atom. The molecule has 0 radical (unpaired) electrons. The van der Waals surface area contributed by atoms with E-state index in [1.807, 2.05) is 0 Å². The summed E-state index contributed by atoms with van der Waals surface area (Å²) in [5, 5.41) is 2.68. The molecular weight excluding hydrogens is 334 g/mol. The van der Waals surface area contributed by atoms with E-state index in [1.165, 1.54) is 22.8 Å². The molecule has 1 atom stereocenters. The smallest absolute Gasteiger partial charge is 0.245 e. The number of pyridine rings is 1. The Balaban J connectivity index is 2.40. The van der Waals surface area contributed by atoms with Crippen molar-refractivity contribution < 1.29 is 13.2 Å².